The third-order valence-corrected chi connectivity index (χ3v) is 11.1. The summed E-state index contributed by atoms with van der Waals surface area (Å²) < 4.78 is 43.9. The third kappa shape index (κ3) is 5.25. The van der Waals surface area contributed by atoms with Gasteiger partial charge in [-0.3, -0.25) is 23.7 Å². The second-order valence-electron chi connectivity index (χ2n) is 10.9. The van der Waals surface area contributed by atoms with Crippen LogP contribution < -0.4 is 15.1 Å². The molecule has 0 spiro atoms. The zero-order valence-corrected chi connectivity index (χ0v) is 26.7. The summed E-state index contributed by atoms with van der Waals surface area (Å²) in [6.45, 7) is -0.365. The van der Waals surface area contributed by atoms with Crippen molar-refractivity contribution in [1.82, 2.24) is 4.57 Å². The molecule has 46 heavy (non-hydrogen) atoms. The van der Waals surface area contributed by atoms with Crippen LogP contribution >= 0.6 is 39.0 Å². The highest BCUT2D eigenvalue weighted by Crippen LogP contribution is 2.54. The number of carbonyl (C=O) groups is 3. The third-order valence-electron chi connectivity index (χ3n) is 8.04. The topological polar surface area (TPSA) is 88.5 Å². The summed E-state index contributed by atoms with van der Waals surface area (Å²) in [5.41, 5.74) is -0.497. The first-order valence-electron chi connectivity index (χ1n) is 14.0. The number of hydrogen-bond donors (Lipinski definition) is 1. The molecule has 3 unspecified atom stereocenters. The molecule has 7 nitrogen and oxygen atoms in total. The monoisotopic (exact) mass is 723 g/mol. The van der Waals surface area contributed by atoms with Crippen LogP contribution in [0.2, 0.25) is 0 Å². The molecule has 1 fully saturated rings. The largest absolute Gasteiger partial charge is 0.418 e. The number of thioether (sulfide) groups is 1. The number of anilines is 2. The first-order chi connectivity index (χ1) is 22.0. The van der Waals surface area contributed by atoms with Crippen LogP contribution in [0.1, 0.15) is 21.9 Å². The molecule has 3 amide bonds. The molecule has 1 aromatic heterocycles. The van der Waals surface area contributed by atoms with E-state index in [9.17, 15) is 32.3 Å². The molecule has 4 aromatic carbocycles. The van der Waals surface area contributed by atoms with Gasteiger partial charge in [-0.05, 0) is 52.7 Å². The molecule has 1 N–H and O–H groups in total. The molecule has 0 saturated carbocycles. The molecular weight excluding hydrogens is 703 g/mol. The fraction of sp³-hybridized carbons (Fsp3) is 0.152. The highest BCUT2D eigenvalue weighted by Gasteiger charge is 2.57. The summed E-state index contributed by atoms with van der Waals surface area (Å²) in [5.74, 6) is -3.97. The normalized spacial score (nSPS) is 19.3. The number of aromatic nitrogens is 1. The van der Waals surface area contributed by atoms with Crippen molar-refractivity contribution >= 4 is 78.9 Å². The Labute approximate surface area is 276 Å². The van der Waals surface area contributed by atoms with Crippen molar-refractivity contribution in [3.8, 4) is 0 Å². The highest BCUT2D eigenvalue weighted by atomic mass is 79.9. The molecule has 3 atom stereocenters. The van der Waals surface area contributed by atoms with E-state index in [0.717, 1.165) is 46.0 Å². The van der Waals surface area contributed by atoms with Crippen molar-refractivity contribution in [2.75, 3.05) is 10.2 Å². The standard InChI is InChI=1S/C33H21BrF3N3O4S2/c34-20-9-5-8-19(14-20)25-26-27(30(43)40(29(26)42)23-11-4-3-10-22(23)33(35,36)37)45-31-28(25)46-32(44)39(31)16-24(41)38-21-13-12-17-6-1-2-7-18(17)15-21/h1-15,25-27H,16H2,(H,38,41). The number of alkyl halides is 3. The lowest BCUT2D eigenvalue weighted by atomic mass is 9.83. The van der Waals surface area contributed by atoms with Crippen molar-refractivity contribution in [3.63, 3.8) is 0 Å². The van der Waals surface area contributed by atoms with Gasteiger partial charge in [0.15, 0.2) is 0 Å². The van der Waals surface area contributed by atoms with E-state index in [0.29, 0.717) is 30.5 Å². The average Bonchev–Trinajstić information content (AvgIpc) is 3.46. The zero-order chi connectivity index (χ0) is 32.3. The predicted molar refractivity (Wildman–Crippen MR) is 174 cm³/mol. The molecule has 13 heteroatoms. The Morgan fingerprint density at radius 2 is 1.61 bits per heavy atom. The summed E-state index contributed by atoms with van der Waals surface area (Å²) in [6.07, 6.45) is -4.81. The maximum absolute atomic E-state index is 14.0. The molecule has 0 aliphatic carbocycles. The molecule has 0 bridgehead atoms. The van der Waals surface area contributed by atoms with Crippen molar-refractivity contribution in [3.05, 3.63) is 121 Å². The van der Waals surface area contributed by atoms with E-state index in [4.69, 9.17) is 0 Å². The molecule has 3 heterocycles. The second-order valence-corrected chi connectivity index (χ2v) is 13.9. The van der Waals surface area contributed by atoms with Crippen LogP contribution in [0.25, 0.3) is 10.8 Å². The van der Waals surface area contributed by atoms with E-state index in [-0.39, 0.29) is 6.54 Å². The van der Waals surface area contributed by atoms with Gasteiger partial charge in [0.2, 0.25) is 17.7 Å². The predicted octanol–water partition coefficient (Wildman–Crippen LogP) is 7.28. The number of nitrogens with zero attached hydrogens (tertiary/aromatic N) is 2. The number of carbonyl (C=O) groups excluding carboxylic acids is 3. The van der Waals surface area contributed by atoms with E-state index in [2.05, 4.69) is 21.2 Å². The number of fused-ring (bicyclic) bond motifs is 3. The van der Waals surface area contributed by atoms with E-state index >= 15 is 0 Å². The summed E-state index contributed by atoms with van der Waals surface area (Å²) in [6, 6.07) is 24.6. The summed E-state index contributed by atoms with van der Waals surface area (Å²) in [4.78, 5) is 55.3. The van der Waals surface area contributed by atoms with E-state index in [1.54, 1.807) is 30.3 Å². The average molecular weight is 725 g/mol. The van der Waals surface area contributed by atoms with E-state index in [1.807, 2.05) is 36.4 Å². The zero-order valence-electron chi connectivity index (χ0n) is 23.5. The number of amides is 3. The number of thiazole rings is 1. The molecular formula is C33H21BrF3N3O4S2. The Balaban J connectivity index is 1.28. The van der Waals surface area contributed by atoms with Crippen LogP contribution in [0.5, 0.6) is 0 Å². The SMILES string of the molecule is O=C(Cn1c2c(sc1=O)C(c1cccc(Br)c1)C1C(=O)N(c3ccccc3C(F)(F)F)C(=O)C1S2)Nc1ccc2ccccc2c1. The highest BCUT2D eigenvalue weighted by molar-refractivity contribution is 9.10. The van der Waals surface area contributed by atoms with Crippen LogP contribution in [0, 0.1) is 5.92 Å². The molecule has 1 saturated heterocycles. The molecule has 5 aromatic rings. The van der Waals surface area contributed by atoms with Crippen molar-refractivity contribution < 1.29 is 27.6 Å². The van der Waals surface area contributed by atoms with Crippen molar-refractivity contribution in [2.24, 2.45) is 5.92 Å². The Morgan fingerprint density at radius 1 is 0.870 bits per heavy atom. The van der Waals surface area contributed by atoms with Crippen LogP contribution in [0.3, 0.4) is 0 Å². The second kappa shape index (κ2) is 11.6. The number of para-hydroxylation sites is 1. The Bertz CT molecular complexity index is 2130. The van der Waals surface area contributed by atoms with Crippen LogP contribution in [0.15, 0.2) is 105 Å². The first kappa shape index (κ1) is 30.5. The first-order valence-corrected chi connectivity index (χ1v) is 16.5. The Hall–Kier alpha value is -4.20. The maximum atomic E-state index is 14.0. The fourth-order valence-corrected chi connectivity index (χ4v) is 9.26. The Kier molecular flexibility index (Phi) is 7.65. The van der Waals surface area contributed by atoms with Crippen molar-refractivity contribution in [1.29, 1.82) is 0 Å². The van der Waals surface area contributed by atoms with Crippen LogP contribution in [-0.4, -0.2) is 27.5 Å². The van der Waals surface area contributed by atoms with Gasteiger partial charge in [-0.1, -0.05) is 93.6 Å². The molecule has 232 valence electrons. The number of rotatable bonds is 5. The molecule has 2 aliphatic heterocycles. The minimum atomic E-state index is -4.81. The summed E-state index contributed by atoms with van der Waals surface area (Å²) >= 11 is 5.24. The number of benzene rings is 4. The lowest BCUT2D eigenvalue weighted by molar-refractivity contribution is -0.137. The van der Waals surface area contributed by atoms with Crippen molar-refractivity contribution in [2.45, 2.75) is 28.9 Å². The van der Waals surface area contributed by atoms with Gasteiger partial charge in [0.05, 0.1) is 22.2 Å². The van der Waals surface area contributed by atoms with Gasteiger partial charge in [-0.15, -0.1) is 0 Å². The van der Waals surface area contributed by atoms with Gasteiger partial charge in [0, 0.05) is 21.0 Å². The number of halogens is 4. The summed E-state index contributed by atoms with van der Waals surface area (Å²) in [5, 5.41) is 3.94. The number of nitrogens with one attached hydrogen (secondary N) is 1. The Morgan fingerprint density at radius 3 is 2.37 bits per heavy atom. The van der Waals surface area contributed by atoms with Gasteiger partial charge >= 0.3 is 11.0 Å². The lowest BCUT2D eigenvalue weighted by Crippen LogP contribution is -2.33. The van der Waals surface area contributed by atoms with E-state index < -0.39 is 57.1 Å². The van der Waals surface area contributed by atoms with Gasteiger partial charge in [-0.2, -0.15) is 13.2 Å². The van der Waals surface area contributed by atoms with Gasteiger partial charge in [0.25, 0.3) is 0 Å². The van der Waals surface area contributed by atoms with Crippen LogP contribution in [0.4, 0.5) is 24.5 Å². The molecule has 7 rings (SSSR count). The number of imide groups is 1. The van der Waals surface area contributed by atoms with E-state index in [1.165, 1.54) is 16.7 Å². The minimum Gasteiger partial charge on any atom is -0.325 e. The van der Waals surface area contributed by atoms with Gasteiger partial charge < -0.3 is 5.32 Å². The smallest absolute Gasteiger partial charge is 0.325 e. The van der Waals surface area contributed by atoms with Crippen LogP contribution in [-0.2, 0) is 27.1 Å². The number of hydrogen-bond acceptors (Lipinski definition) is 6. The van der Waals surface area contributed by atoms with Gasteiger partial charge in [0.1, 0.15) is 11.8 Å². The maximum Gasteiger partial charge on any atom is 0.418 e. The molecule has 0 radical (unpaired) electrons. The fourth-order valence-electron chi connectivity index (χ4n) is 6.07. The van der Waals surface area contributed by atoms with Gasteiger partial charge in [-0.25, -0.2) is 4.90 Å². The minimum absolute atomic E-state index is 0.335. The quantitative estimate of drug-likeness (QED) is 0.193. The lowest BCUT2D eigenvalue weighted by Gasteiger charge is -2.30. The molecule has 2 aliphatic rings. The summed E-state index contributed by atoms with van der Waals surface area (Å²) in [7, 11) is 0.